The van der Waals surface area contributed by atoms with Crippen molar-refractivity contribution in [2.24, 2.45) is 0 Å². The minimum atomic E-state index is -0.149. The molecule has 33 heavy (non-hydrogen) atoms. The lowest BCUT2D eigenvalue weighted by Gasteiger charge is -2.08. The van der Waals surface area contributed by atoms with Gasteiger partial charge in [-0.2, -0.15) is 0 Å². The zero-order chi connectivity index (χ0) is 24.1. The molecule has 0 spiro atoms. The Balaban J connectivity index is 3.08. The maximum atomic E-state index is 11.5. The van der Waals surface area contributed by atoms with Crippen molar-refractivity contribution in [3.8, 4) is 12.3 Å². The topological polar surface area (TPSA) is 90.9 Å². The maximum Gasteiger partial charge on any atom is 0.305 e. The molecule has 0 aliphatic carbocycles. The summed E-state index contributed by atoms with van der Waals surface area (Å²) in [6.07, 6.45) is 9.84. The molecule has 0 aromatic heterocycles. The van der Waals surface area contributed by atoms with Crippen molar-refractivity contribution in [3.05, 3.63) is 0 Å². The van der Waals surface area contributed by atoms with Crippen molar-refractivity contribution < 1.29 is 42.7 Å². The Kier molecular flexibility index (Phi) is 27.7. The number of hydrogen-bond donors (Lipinski definition) is 0. The minimum absolute atomic E-state index is 0.149. The van der Waals surface area contributed by atoms with Crippen LogP contribution in [0.5, 0.6) is 0 Å². The van der Waals surface area contributed by atoms with Gasteiger partial charge in [0.2, 0.25) is 0 Å². The van der Waals surface area contributed by atoms with Crippen LogP contribution >= 0.6 is 0 Å². The summed E-state index contributed by atoms with van der Waals surface area (Å²) in [5, 5.41) is 0. The third kappa shape index (κ3) is 28.7. The van der Waals surface area contributed by atoms with Gasteiger partial charge in [0.15, 0.2) is 0 Å². The van der Waals surface area contributed by atoms with Crippen LogP contribution in [0.3, 0.4) is 0 Å². The number of unbranched alkanes of at least 4 members (excludes halogenated alkanes) is 3. The second-order valence-electron chi connectivity index (χ2n) is 6.96. The van der Waals surface area contributed by atoms with E-state index in [9.17, 15) is 4.79 Å². The number of terminal acetylenes is 1. The highest BCUT2D eigenvalue weighted by Gasteiger charge is 2.02. The first-order valence-electron chi connectivity index (χ1n) is 11.9. The Morgan fingerprint density at radius 3 is 1.36 bits per heavy atom. The number of ether oxygens (including phenoxy) is 8. The molecule has 194 valence electrons. The van der Waals surface area contributed by atoms with E-state index >= 15 is 0 Å². The zero-order valence-corrected chi connectivity index (χ0v) is 20.4. The molecule has 9 nitrogen and oxygen atoms in total. The molecule has 0 aliphatic heterocycles. The summed E-state index contributed by atoms with van der Waals surface area (Å²) >= 11 is 0. The van der Waals surface area contributed by atoms with Crippen molar-refractivity contribution in [2.45, 2.75) is 39.0 Å². The smallest absolute Gasteiger partial charge is 0.305 e. The van der Waals surface area contributed by atoms with E-state index in [-0.39, 0.29) is 12.6 Å². The fraction of sp³-hybridized carbons (Fsp3) is 0.875. The summed E-state index contributed by atoms with van der Waals surface area (Å²) in [6, 6.07) is 0. The van der Waals surface area contributed by atoms with E-state index in [2.05, 4.69) is 12.8 Å². The Hall–Kier alpha value is -1.25. The summed E-state index contributed by atoms with van der Waals surface area (Å²) in [7, 11) is 0. The largest absolute Gasteiger partial charge is 0.463 e. The van der Waals surface area contributed by atoms with Gasteiger partial charge >= 0.3 is 5.97 Å². The molecule has 0 aromatic rings. The van der Waals surface area contributed by atoms with Crippen molar-refractivity contribution in [1.29, 1.82) is 0 Å². The van der Waals surface area contributed by atoms with E-state index < -0.39 is 0 Å². The van der Waals surface area contributed by atoms with E-state index in [1.807, 2.05) is 0 Å². The lowest BCUT2D eigenvalue weighted by atomic mass is 10.2. The fourth-order valence-electron chi connectivity index (χ4n) is 2.43. The fourth-order valence-corrected chi connectivity index (χ4v) is 2.43. The average molecular weight is 477 g/mol. The van der Waals surface area contributed by atoms with Gasteiger partial charge in [0.1, 0.15) is 13.2 Å². The van der Waals surface area contributed by atoms with Gasteiger partial charge in [-0.05, 0) is 6.42 Å². The van der Waals surface area contributed by atoms with Crippen LogP contribution < -0.4 is 0 Å². The van der Waals surface area contributed by atoms with Gasteiger partial charge in [-0.3, -0.25) is 4.79 Å². The van der Waals surface area contributed by atoms with Gasteiger partial charge < -0.3 is 37.9 Å². The molecule has 0 aliphatic rings. The van der Waals surface area contributed by atoms with E-state index in [4.69, 9.17) is 44.3 Å². The van der Waals surface area contributed by atoms with Crippen LogP contribution in [0.2, 0.25) is 0 Å². The Morgan fingerprint density at radius 2 is 0.970 bits per heavy atom. The van der Waals surface area contributed by atoms with E-state index in [1.165, 1.54) is 0 Å². The average Bonchev–Trinajstić information content (AvgIpc) is 2.82. The molecule has 0 bridgehead atoms. The molecule has 0 unspecified atom stereocenters. The first-order valence-corrected chi connectivity index (χ1v) is 11.9. The van der Waals surface area contributed by atoms with Crippen LogP contribution in [0, 0.1) is 12.3 Å². The normalized spacial score (nSPS) is 10.9. The molecule has 0 aromatic carbocycles. The van der Waals surface area contributed by atoms with Gasteiger partial charge in [0.05, 0.1) is 85.9 Å². The monoisotopic (exact) mass is 476 g/mol. The molecule has 0 fully saturated rings. The van der Waals surface area contributed by atoms with Crippen LogP contribution in [0.25, 0.3) is 0 Å². The molecular formula is C24H44O9. The quantitative estimate of drug-likeness (QED) is 0.101. The maximum absolute atomic E-state index is 11.5. The summed E-state index contributed by atoms with van der Waals surface area (Å²) in [6.45, 7) is 9.11. The third-order valence-corrected chi connectivity index (χ3v) is 4.14. The Bertz CT molecular complexity index is 440. The van der Waals surface area contributed by atoms with Crippen LogP contribution in [0.4, 0.5) is 0 Å². The molecule has 0 saturated heterocycles. The lowest BCUT2D eigenvalue weighted by Crippen LogP contribution is -2.15. The number of rotatable bonds is 27. The lowest BCUT2D eigenvalue weighted by molar-refractivity contribution is -0.145. The highest BCUT2D eigenvalue weighted by atomic mass is 16.6. The summed E-state index contributed by atoms with van der Waals surface area (Å²) < 4.78 is 42.5. The first-order chi connectivity index (χ1) is 16.3. The van der Waals surface area contributed by atoms with Crippen molar-refractivity contribution >= 4 is 5.97 Å². The number of carbonyl (C=O) groups is 1. The summed E-state index contributed by atoms with van der Waals surface area (Å²) in [4.78, 5) is 11.5. The van der Waals surface area contributed by atoms with Crippen LogP contribution in [-0.2, 0) is 42.7 Å². The predicted octanol–water partition coefficient (Wildman–Crippen LogP) is 2.25. The van der Waals surface area contributed by atoms with Gasteiger partial charge in [-0.25, -0.2) is 0 Å². The minimum Gasteiger partial charge on any atom is -0.463 e. The highest BCUT2D eigenvalue weighted by Crippen LogP contribution is 2.03. The second-order valence-corrected chi connectivity index (χ2v) is 6.96. The standard InChI is InChI=1S/C24H44O9/c1-3-5-6-7-8-24(25)33-23-22-32-21-20-31-19-18-30-17-16-29-15-14-28-13-12-27-11-10-26-9-4-2/h2H,3,5-23H2,1H3. The summed E-state index contributed by atoms with van der Waals surface area (Å²) in [5.74, 6) is 2.24. The predicted molar refractivity (Wildman–Crippen MR) is 124 cm³/mol. The van der Waals surface area contributed by atoms with Gasteiger partial charge in [0.25, 0.3) is 0 Å². The van der Waals surface area contributed by atoms with Gasteiger partial charge in [-0.15, -0.1) is 6.42 Å². The molecular weight excluding hydrogens is 432 g/mol. The molecule has 0 rings (SSSR count). The Labute approximate surface area is 199 Å². The van der Waals surface area contributed by atoms with Crippen LogP contribution in [0.15, 0.2) is 0 Å². The third-order valence-electron chi connectivity index (χ3n) is 4.14. The van der Waals surface area contributed by atoms with Gasteiger partial charge in [0, 0.05) is 6.42 Å². The highest BCUT2D eigenvalue weighted by molar-refractivity contribution is 5.69. The van der Waals surface area contributed by atoms with Crippen molar-refractivity contribution in [1.82, 2.24) is 0 Å². The van der Waals surface area contributed by atoms with E-state index in [0.29, 0.717) is 98.9 Å². The first kappa shape index (κ1) is 31.8. The van der Waals surface area contributed by atoms with E-state index in [1.54, 1.807) is 0 Å². The molecule has 0 atom stereocenters. The summed E-state index contributed by atoms with van der Waals surface area (Å²) in [5.41, 5.74) is 0. The number of hydrogen-bond acceptors (Lipinski definition) is 9. The van der Waals surface area contributed by atoms with Gasteiger partial charge in [-0.1, -0.05) is 32.1 Å². The van der Waals surface area contributed by atoms with E-state index in [0.717, 1.165) is 25.7 Å². The van der Waals surface area contributed by atoms with Crippen LogP contribution in [0.1, 0.15) is 39.0 Å². The second kappa shape index (κ2) is 28.8. The zero-order valence-electron chi connectivity index (χ0n) is 20.4. The van der Waals surface area contributed by atoms with Crippen molar-refractivity contribution in [3.63, 3.8) is 0 Å². The molecule has 0 saturated carbocycles. The molecule has 0 heterocycles. The molecule has 0 radical (unpaired) electrons. The molecule has 0 N–H and O–H groups in total. The number of esters is 1. The van der Waals surface area contributed by atoms with Crippen LogP contribution in [-0.4, -0.2) is 105 Å². The molecule has 0 amide bonds. The molecule has 9 heteroatoms. The number of carbonyl (C=O) groups excluding carboxylic acids is 1. The Morgan fingerprint density at radius 1 is 0.576 bits per heavy atom. The SMILES string of the molecule is C#CCOCCOCCOCCOCCOCCOCCOCCOC(=O)CCCCCC. The van der Waals surface area contributed by atoms with Crippen molar-refractivity contribution in [2.75, 3.05) is 99.1 Å².